The van der Waals surface area contributed by atoms with Crippen LogP contribution in [0, 0.1) is 0 Å². The molecule has 0 spiro atoms. The summed E-state index contributed by atoms with van der Waals surface area (Å²) in [5.41, 5.74) is 0.975. The molecule has 0 unspecified atom stereocenters. The van der Waals surface area contributed by atoms with Gasteiger partial charge in [0.1, 0.15) is 12.9 Å². The van der Waals surface area contributed by atoms with Gasteiger partial charge in [-0.25, -0.2) is 9.48 Å². The summed E-state index contributed by atoms with van der Waals surface area (Å²) in [5.74, 6) is -0.165. The van der Waals surface area contributed by atoms with E-state index < -0.39 is 0 Å². The summed E-state index contributed by atoms with van der Waals surface area (Å²) >= 11 is 0. The van der Waals surface area contributed by atoms with Gasteiger partial charge in [-0.1, -0.05) is 0 Å². The van der Waals surface area contributed by atoms with Crippen molar-refractivity contribution in [1.82, 2.24) is 29.5 Å². The van der Waals surface area contributed by atoms with Crippen LogP contribution in [0.15, 0.2) is 35.6 Å². The highest BCUT2D eigenvalue weighted by Gasteiger charge is 2.24. The van der Waals surface area contributed by atoms with Crippen LogP contribution < -0.4 is 11.0 Å². The average Bonchev–Trinajstić information content (AvgIpc) is 2.94. The Bertz CT molecular complexity index is 761. The van der Waals surface area contributed by atoms with Crippen molar-refractivity contribution < 1.29 is 4.79 Å². The molecule has 2 aromatic heterocycles. The number of likely N-dealkylation sites (tertiary alicyclic amines) is 1. The molecule has 1 amide bonds. The molecule has 1 aliphatic heterocycles. The van der Waals surface area contributed by atoms with Crippen LogP contribution in [-0.2, 0) is 18.4 Å². The van der Waals surface area contributed by atoms with Gasteiger partial charge in [-0.15, -0.1) is 0 Å². The van der Waals surface area contributed by atoms with Crippen LogP contribution in [0.2, 0.25) is 0 Å². The number of rotatable bonds is 5. The molecule has 1 fully saturated rings. The summed E-state index contributed by atoms with van der Waals surface area (Å²) in [5, 5.41) is 6.93. The zero-order chi connectivity index (χ0) is 17.8. The second kappa shape index (κ2) is 7.60. The van der Waals surface area contributed by atoms with Gasteiger partial charge in [0.2, 0.25) is 5.91 Å². The third kappa shape index (κ3) is 4.14. The molecule has 0 bridgehead atoms. The highest BCUT2D eigenvalue weighted by atomic mass is 16.2. The minimum atomic E-state index is -0.281. The zero-order valence-electron chi connectivity index (χ0n) is 14.6. The van der Waals surface area contributed by atoms with Gasteiger partial charge in [-0.3, -0.25) is 19.2 Å². The lowest BCUT2D eigenvalue weighted by Crippen LogP contribution is -2.46. The van der Waals surface area contributed by atoms with Crippen LogP contribution in [-0.4, -0.2) is 49.3 Å². The first-order chi connectivity index (χ1) is 12.0. The molecular formula is C17H24N6O2. The summed E-state index contributed by atoms with van der Waals surface area (Å²) in [4.78, 5) is 30.3. The highest BCUT2D eigenvalue weighted by Crippen LogP contribution is 2.23. The van der Waals surface area contributed by atoms with Crippen LogP contribution >= 0.6 is 0 Å². The van der Waals surface area contributed by atoms with E-state index >= 15 is 0 Å². The number of carbonyl (C=O) groups is 1. The summed E-state index contributed by atoms with van der Waals surface area (Å²) in [6.07, 6.45) is 6.85. The fourth-order valence-corrected chi connectivity index (χ4v) is 3.22. The van der Waals surface area contributed by atoms with E-state index in [0.29, 0.717) is 6.04 Å². The summed E-state index contributed by atoms with van der Waals surface area (Å²) in [6, 6.07) is 4.58. The fourth-order valence-electron chi connectivity index (χ4n) is 3.22. The Morgan fingerprint density at radius 3 is 2.60 bits per heavy atom. The van der Waals surface area contributed by atoms with Gasteiger partial charge in [-0.2, -0.15) is 5.10 Å². The Morgan fingerprint density at radius 2 is 2.00 bits per heavy atom. The van der Waals surface area contributed by atoms with Crippen molar-refractivity contribution in [2.24, 2.45) is 7.05 Å². The van der Waals surface area contributed by atoms with E-state index in [1.165, 1.54) is 21.1 Å². The van der Waals surface area contributed by atoms with Gasteiger partial charge < -0.3 is 5.32 Å². The standard InChI is InChI=1S/C17H24N6O2/c1-13(14-3-7-18-8-4-14)22-9-5-15(6-10-22)20-16(24)11-23-17(25)21(2)12-19-23/h3-4,7-8,12-13,15H,5-6,9-11H2,1-2H3,(H,20,24)/t13-/m0/s1. The van der Waals surface area contributed by atoms with E-state index in [1.807, 2.05) is 24.5 Å². The predicted molar refractivity (Wildman–Crippen MR) is 92.9 cm³/mol. The lowest BCUT2D eigenvalue weighted by molar-refractivity contribution is -0.123. The van der Waals surface area contributed by atoms with Crippen molar-refractivity contribution in [2.45, 2.75) is 38.4 Å². The maximum Gasteiger partial charge on any atom is 0.345 e. The molecule has 134 valence electrons. The van der Waals surface area contributed by atoms with Crippen LogP contribution in [0.1, 0.15) is 31.4 Å². The van der Waals surface area contributed by atoms with Crippen molar-refractivity contribution in [3.8, 4) is 0 Å². The number of hydrogen-bond donors (Lipinski definition) is 1. The maximum absolute atomic E-state index is 12.1. The number of piperidine rings is 1. The molecule has 1 N–H and O–H groups in total. The molecule has 3 rings (SSSR count). The van der Waals surface area contributed by atoms with Gasteiger partial charge in [0.25, 0.3) is 0 Å². The number of hydrogen-bond acceptors (Lipinski definition) is 5. The lowest BCUT2D eigenvalue weighted by Gasteiger charge is -2.36. The quantitative estimate of drug-likeness (QED) is 0.844. The lowest BCUT2D eigenvalue weighted by atomic mass is 10.0. The van der Waals surface area contributed by atoms with Crippen molar-refractivity contribution in [2.75, 3.05) is 13.1 Å². The molecular weight excluding hydrogens is 320 g/mol. The SMILES string of the molecule is C[C@@H](c1ccncc1)N1CCC(NC(=O)Cn2ncn(C)c2=O)CC1. The molecule has 8 nitrogen and oxygen atoms in total. The van der Waals surface area contributed by atoms with E-state index in [9.17, 15) is 9.59 Å². The zero-order valence-corrected chi connectivity index (χ0v) is 14.6. The van der Waals surface area contributed by atoms with Crippen molar-refractivity contribution in [1.29, 1.82) is 0 Å². The third-order valence-corrected chi connectivity index (χ3v) is 4.81. The first-order valence-electron chi connectivity index (χ1n) is 8.56. The van der Waals surface area contributed by atoms with Crippen LogP contribution in [0.25, 0.3) is 0 Å². The minimum absolute atomic E-state index is 0.0344. The molecule has 25 heavy (non-hydrogen) atoms. The molecule has 0 radical (unpaired) electrons. The minimum Gasteiger partial charge on any atom is -0.352 e. The number of aryl methyl sites for hydroxylation is 1. The van der Waals surface area contributed by atoms with E-state index in [-0.39, 0.29) is 24.2 Å². The Hall–Kier alpha value is -2.48. The van der Waals surface area contributed by atoms with E-state index in [4.69, 9.17) is 0 Å². The Labute approximate surface area is 146 Å². The third-order valence-electron chi connectivity index (χ3n) is 4.81. The normalized spacial score (nSPS) is 17.4. The Balaban J connectivity index is 1.48. The molecule has 3 heterocycles. The molecule has 0 aliphatic carbocycles. The van der Waals surface area contributed by atoms with Gasteiger partial charge in [0, 0.05) is 44.6 Å². The number of nitrogens with zero attached hydrogens (tertiary/aromatic N) is 5. The molecule has 8 heteroatoms. The molecule has 0 aromatic carbocycles. The van der Waals surface area contributed by atoms with Crippen LogP contribution in [0.4, 0.5) is 0 Å². The van der Waals surface area contributed by atoms with Crippen molar-refractivity contribution in [3.05, 3.63) is 46.9 Å². The van der Waals surface area contributed by atoms with E-state index in [1.54, 1.807) is 7.05 Å². The van der Waals surface area contributed by atoms with Gasteiger partial charge in [-0.05, 0) is 37.5 Å². The fraction of sp³-hybridized carbons (Fsp3) is 0.529. The topological polar surface area (TPSA) is 85.1 Å². The van der Waals surface area contributed by atoms with Gasteiger partial charge in [0.05, 0.1) is 0 Å². The van der Waals surface area contributed by atoms with E-state index in [0.717, 1.165) is 25.9 Å². The average molecular weight is 344 g/mol. The van der Waals surface area contributed by atoms with Crippen molar-refractivity contribution >= 4 is 5.91 Å². The number of pyridine rings is 1. The maximum atomic E-state index is 12.1. The van der Waals surface area contributed by atoms with Crippen LogP contribution in [0.5, 0.6) is 0 Å². The number of carbonyl (C=O) groups excluding carboxylic acids is 1. The Morgan fingerprint density at radius 1 is 1.32 bits per heavy atom. The first kappa shape index (κ1) is 17.3. The molecule has 1 aliphatic rings. The monoisotopic (exact) mass is 344 g/mol. The molecule has 0 saturated carbocycles. The highest BCUT2D eigenvalue weighted by molar-refractivity contribution is 5.75. The van der Waals surface area contributed by atoms with E-state index in [2.05, 4.69) is 27.2 Å². The number of aromatic nitrogens is 4. The molecule has 1 saturated heterocycles. The largest absolute Gasteiger partial charge is 0.352 e. The summed E-state index contributed by atoms with van der Waals surface area (Å²) in [6.45, 7) is 4.02. The van der Waals surface area contributed by atoms with Crippen LogP contribution in [0.3, 0.4) is 0 Å². The Kier molecular flexibility index (Phi) is 5.28. The smallest absolute Gasteiger partial charge is 0.345 e. The molecule has 1 atom stereocenters. The van der Waals surface area contributed by atoms with Crippen molar-refractivity contribution in [3.63, 3.8) is 0 Å². The second-order valence-electron chi connectivity index (χ2n) is 6.52. The number of nitrogens with one attached hydrogen (secondary N) is 1. The summed E-state index contributed by atoms with van der Waals surface area (Å²) in [7, 11) is 1.61. The van der Waals surface area contributed by atoms with Gasteiger partial charge >= 0.3 is 5.69 Å². The second-order valence-corrected chi connectivity index (χ2v) is 6.52. The van der Waals surface area contributed by atoms with Gasteiger partial charge in [0.15, 0.2) is 0 Å². The predicted octanol–water partition coefficient (Wildman–Crippen LogP) is 0.319. The number of amides is 1. The first-order valence-corrected chi connectivity index (χ1v) is 8.56. The molecule has 2 aromatic rings. The summed E-state index contributed by atoms with van der Waals surface area (Å²) < 4.78 is 2.53.